The highest BCUT2D eigenvalue weighted by Crippen LogP contribution is 2.20. The molecule has 2 rings (SSSR count). The highest BCUT2D eigenvalue weighted by molar-refractivity contribution is 7.09. The van der Waals surface area contributed by atoms with Crippen molar-refractivity contribution in [3.63, 3.8) is 0 Å². The minimum atomic E-state index is 0.316. The third-order valence-corrected chi connectivity index (χ3v) is 2.84. The molecular weight excluding hydrogens is 248 g/mol. The molecule has 4 N–H and O–H groups in total. The van der Waals surface area contributed by atoms with Gasteiger partial charge in [0.2, 0.25) is 5.95 Å². The largest absolute Gasteiger partial charge is 0.364 e. The fraction of sp³-hybridized carbons (Fsp3) is 0.125. The van der Waals surface area contributed by atoms with Crippen molar-refractivity contribution in [1.82, 2.24) is 15.0 Å². The lowest BCUT2D eigenvalue weighted by molar-refractivity contribution is 1.07. The zero-order valence-electron chi connectivity index (χ0n) is 8.14. The predicted molar refractivity (Wildman–Crippen MR) is 64.3 cm³/mol. The Balaban J connectivity index is 2.08. The van der Waals surface area contributed by atoms with Crippen LogP contribution in [0, 0.1) is 0 Å². The molecule has 0 fully saturated rings. The van der Waals surface area contributed by atoms with Gasteiger partial charge in [0.25, 0.3) is 0 Å². The first-order valence-corrected chi connectivity index (χ1v) is 5.65. The lowest BCUT2D eigenvalue weighted by Crippen LogP contribution is -2.12. The zero-order valence-corrected chi connectivity index (χ0v) is 9.72. The Bertz CT molecular complexity index is 460. The number of nitrogens with zero attached hydrogens (tertiary/aromatic N) is 3. The van der Waals surface area contributed by atoms with Crippen molar-refractivity contribution in [3.8, 4) is 0 Å². The molecule has 2 heterocycles. The SMILES string of the molecule is NNc1ncc(Cl)c(NCc2cncs2)n1. The summed E-state index contributed by atoms with van der Waals surface area (Å²) in [6.07, 6.45) is 3.27. The maximum atomic E-state index is 5.93. The first-order chi connectivity index (χ1) is 7.79. The normalized spacial score (nSPS) is 10.1. The van der Waals surface area contributed by atoms with Crippen molar-refractivity contribution in [3.05, 3.63) is 27.8 Å². The number of nitrogens with two attached hydrogens (primary N) is 1. The van der Waals surface area contributed by atoms with Gasteiger partial charge in [-0.05, 0) is 0 Å². The highest BCUT2D eigenvalue weighted by Gasteiger charge is 2.04. The molecule has 0 radical (unpaired) electrons. The number of nitrogens with one attached hydrogen (secondary N) is 2. The maximum absolute atomic E-state index is 5.93. The molecular formula is C8H9ClN6S. The summed E-state index contributed by atoms with van der Waals surface area (Å²) in [4.78, 5) is 13.0. The molecule has 0 saturated carbocycles. The van der Waals surface area contributed by atoms with Crippen LogP contribution in [0.4, 0.5) is 11.8 Å². The number of halogens is 1. The standard InChI is InChI=1S/C8H9ClN6S/c9-6-3-13-8(15-10)14-7(6)12-2-5-1-11-4-16-5/h1,3-4H,2,10H2,(H2,12,13,14,15). The van der Waals surface area contributed by atoms with Crippen LogP contribution in [0.25, 0.3) is 0 Å². The Morgan fingerprint density at radius 2 is 2.31 bits per heavy atom. The van der Waals surface area contributed by atoms with Gasteiger partial charge in [0.05, 0.1) is 18.3 Å². The maximum Gasteiger partial charge on any atom is 0.239 e. The topological polar surface area (TPSA) is 88.8 Å². The minimum Gasteiger partial charge on any atom is -0.364 e. The fourth-order valence-corrected chi connectivity index (χ4v) is 1.75. The van der Waals surface area contributed by atoms with Crippen LogP contribution >= 0.6 is 22.9 Å². The zero-order chi connectivity index (χ0) is 11.4. The number of hydrogen-bond donors (Lipinski definition) is 3. The molecule has 0 saturated heterocycles. The number of rotatable bonds is 4. The number of hydrazine groups is 1. The minimum absolute atomic E-state index is 0.316. The van der Waals surface area contributed by atoms with Crippen molar-refractivity contribution in [2.24, 2.45) is 5.84 Å². The van der Waals surface area contributed by atoms with Crippen molar-refractivity contribution in [2.45, 2.75) is 6.54 Å². The molecule has 0 aliphatic heterocycles. The lowest BCUT2D eigenvalue weighted by Gasteiger charge is -2.06. The molecule has 0 amide bonds. The first kappa shape index (κ1) is 11.1. The third-order valence-electron chi connectivity index (χ3n) is 1.79. The van der Waals surface area contributed by atoms with Gasteiger partial charge in [-0.1, -0.05) is 11.6 Å². The second-order valence-corrected chi connectivity index (χ2v) is 4.23. The van der Waals surface area contributed by atoms with Crippen LogP contribution in [-0.4, -0.2) is 15.0 Å². The van der Waals surface area contributed by atoms with Crippen molar-refractivity contribution in [1.29, 1.82) is 0 Å². The highest BCUT2D eigenvalue weighted by atomic mass is 35.5. The monoisotopic (exact) mass is 256 g/mol. The molecule has 8 heteroatoms. The predicted octanol–water partition coefficient (Wildman–Crippen LogP) is 1.48. The van der Waals surface area contributed by atoms with Gasteiger partial charge in [-0.25, -0.2) is 10.8 Å². The van der Waals surface area contributed by atoms with Gasteiger partial charge in [0, 0.05) is 11.1 Å². The van der Waals surface area contributed by atoms with Crippen LogP contribution in [-0.2, 0) is 6.54 Å². The molecule has 2 aromatic heterocycles. The van der Waals surface area contributed by atoms with E-state index in [9.17, 15) is 0 Å². The molecule has 0 bridgehead atoms. The number of anilines is 2. The molecule has 0 spiro atoms. The Labute approximate surface area is 101 Å². The van der Waals surface area contributed by atoms with E-state index in [1.54, 1.807) is 23.0 Å². The molecule has 0 unspecified atom stereocenters. The Kier molecular flexibility index (Phi) is 3.50. The number of hydrogen-bond acceptors (Lipinski definition) is 7. The Morgan fingerprint density at radius 3 is 3.00 bits per heavy atom. The van der Waals surface area contributed by atoms with Crippen molar-refractivity contribution < 1.29 is 0 Å². The van der Waals surface area contributed by atoms with E-state index in [2.05, 4.69) is 25.7 Å². The number of nitrogen functional groups attached to an aromatic ring is 1. The van der Waals surface area contributed by atoms with E-state index < -0.39 is 0 Å². The van der Waals surface area contributed by atoms with E-state index in [4.69, 9.17) is 17.4 Å². The van der Waals surface area contributed by atoms with Gasteiger partial charge in [-0.2, -0.15) is 4.98 Å². The molecule has 6 nitrogen and oxygen atoms in total. The van der Waals surface area contributed by atoms with Crippen LogP contribution in [0.2, 0.25) is 5.02 Å². The quantitative estimate of drug-likeness (QED) is 0.567. The van der Waals surface area contributed by atoms with Gasteiger partial charge < -0.3 is 5.32 Å². The number of aromatic nitrogens is 3. The number of thiazole rings is 1. The summed E-state index contributed by atoms with van der Waals surface area (Å²) < 4.78 is 0. The summed E-state index contributed by atoms with van der Waals surface area (Å²) in [6.45, 7) is 0.616. The average Bonchev–Trinajstić information content (AvgIpc) is 2.81. The summed E-state index contributed by atoms with van der Waals surface area (Å²) in [6, 6.07) is 0. The third kappa shape index (κ3) is 2.57. The van der Waals surface area contributed by atoms with Gasteiger partial charge in [0.1, 0.15) is 5.02 Å². The van der Waals surface area contributed by atoms with Gasteiger partial charge >= 0.3 is 0 Å². The summed E-state index contributed by atoms with van der Waals surface area (Å²) >= 11 is 7.48. The van der Waals surface area contributed by atoms with E-state index in [1.807, 2.05) is 0 Å². The second-order valence-electron chi connectivity index (χ2n) is 2.86. The van der Waals surface area contributed by atoms with Crippen LogP contribution in [0.5, 0.6) is 0 Å². The molecule has 0 aliphatic rings. The van der Waals surface area contributed by atoms with E-state index in [-0.39, 0.29) is 0 Å². The average molecular weight is 257 g/mol. The van der Waals surface area contributed by atoms with Crippen LogP contribution in [0.3, 0.4) is 0 Å². The van der Waals surface area contributed by atoms with Gasteiger partial charge in [-0.15, -0.1) is 11.3 Å². The summed E-state index contributed by atoms with van der Waals surface area (Å²) in [5.74, 6) is 6.06. The fourth-order valence-electron chi connectivity index (χ4n) is 1.06. The lowest BCUT2D eigenvalue weighted by atomic mass is 10.5. The summed E-state index contributed by atoms with van der Waals surface area (Å²) in [5.41, 5.74) is 4.13. The van der Waals surface area contributed by atoms with Crippen LogP contribution in [0.1, 0.15) is 4.88 Å². The van der Waals surface area contributed by atoms with Crippen LogP contribution < -0.4 is 16.6 Å². The second kappa shape index (κ2) is 5.06. The molecule has 0 aromatic carbocycles. The molecule has 0 aliphatic carbocycles. The van der Waals surface area contributed by atoms with E-state index in [0.717, 1.165) is 4.88 Å². The molecule has 16 heavy (non-hydrogen) atoms. The Hall–Kier alpha value is -1.44. The smallest absolute Gasteiger partial charge is 0.239 e. The van der Waals surface area contributed by atoms with Crippen LogP contribution in [0.15, 0.2) is 17.9 Å². The summed E-state index contributed by atoms with van der Waals surface area (Å²) in [5, 5.41) is 3.53. The van der Waals surface area contributed by atoms with E-state index >= 15 is 0 Å². The van der Waals surface area contributed by atoms with Crippen molar-refractivity contribution in [2.75, 3.05) is 10.7 Å². The summed E-state index contributed by atoms with van der Waals surface area (Å²) in [7, 11) is 0. The molecule has 2 aromatic rings. The molecule has 84 valence electrons. The van der Waals surface area contributed by atoms with Crippen molar-refractivity contribution >= 4 is 34.7 Å². The first-order valence-electron chi connectivity index (χ1n) is 4.40. The molecule has 0 atom stereocenters. The van der Waals surface area contributed by atoms with Gasteiger partial charge in [0.15, 0.2) is 5.82 Å². The van der Waals surface area contributed by atoms with E-state index in [0.29, 0.717) is 23.3 Å². The van der Waals surface area contributed by atoms with Gasteiger partial charge in [-0.3, -0.25) is 10.4 Å². The van der Waals surface area contributed by atoms with E-state index in [1.165, 1.54) is 6.20 Å². The Morgan fingerprint density at radius 1 is 1.44 bits per heavy atom.